The van der Waals surface area contributed by atoms with Crippen LogP contribution < -0.4 is 5.56 Å². The molecule has 0 aliphatic carbocycles. The molecule has 0 saturated carbocycles. The fraction of sp³-hybridized carbons (Fsp3) is 0.375. The summed E-state index contributed by atoms with van der Waals surface area (Å²) in [6.45, 7) is 1.54. The minimum absolute atomic E-state index is 0.0138. The third-order valence-electron chi connectivity index (χ3n) is 1.77. The van der Waals surface area contributed by atoms with Gasteiger partial charge < -0.3 is 4.74 Å². The monoisotopic (exact) mass is 198 g/mol. The van der Waals surface area contributed by atoms with Crippen LogP contribution in [0.1, 0.15) is 5.56 Å². The average molecular weight is 198 g/mol. The average Bonchev–Trinajstić information content (AvgIpc) is 2.09. The van der Waals surface area contributed by atoms with Gasteiger partial charge in [0.1, 0.15) is 6.73 Å². The molecule has 0 aliphatic heterocycles. The molecule has 0 unspecified atom stereocenters. The summed E-state index contributed by atoms with van der Waals surface area (Å²) in [5.41, 5.74) is -0.0380. The maximum Gasteiger partial charge on any atom is 0.288 e. The molecule has 0 aromatic carbocycles. The molecule has 0 radical (unpaired) electrons. The van der Waals surface area contributed by atoms with E-state index in [0.29, 0.717) is 5.56 Å². The lowest BCUT2D eigenvalue weighted by Gasteiger charge is -2.04. The third-order valence-corrected chi connectivity index (χ3v) is 1.77. The van der Waals surface area contributed by atoms with Gasteiger partial charge in [-0.1, -0.05) is 0 Å². The van der Waals surface area contributed by atoms with E-state index in [2.05, 4.69) is 0 Å². The molecular weight excluding hydrogens is 188 g/mol. The molecule has 1 heterocycles. The van der Waals surface area contributed by atoms with E-state index in [1.807, 2.05) is 0 Å². The summed E-state index contributed by atoms with van der Waals surface area (Å²) in [4.78, 5) is 21.3. The molecule has 6 nitrogen and oxygen atoms in total. The quantitative estimate of drug-likeness (QED) is 0.528. The van der Waals surface area contributed by atoms with Crippen LogP contribution in [0, 0.1) is 17.0 Å². The summed E-state index contributed by atoms with van der Waals surface area (Å²) in [7, 11) is 1.41. The van der Waals surface area contributed by atoms with Gasteiger partial charge >= 0.3 is 0 Å². The van der Waals surface area contributed by atoms with Gasteiger partial charge in [-0.15, -0.1) is 0 Å². The number of nitrogens with zero attached hydrogens (tertiary/aromatic N) is 2. The minimum atomic E-state index is -0.527. The Morgan fingerprint density at radius 2 is 2.29 bits per heavy atom. The molecule has 1 rings (SSSR count). The number of nitro groups is 1. The Hall–Kier alpha value is -1.69. The Morgan fingerprint density at radius 1 is 1.64 bits per heavy atom. The molecule has 1 aromatic rings. The van der Waals surface area contributed by atoms with Crippen LogP contribution in [0.2, 0.25) is 0 Å². The van der Waals surface area contributed by atoms with Crippen LogP contribution in [0.5, 0.6) is 0 Å². The second-order valence-electron chi connectivity index (χ2n) is 2.82. The second-order valence-corrected chi connectivity index (χ2v) is 2.82. The molecule has 76 valence electrons. The molecule has 0 N–H and O–H groups in total. The van der Waals surface area contributed by atoms with E-state index in [0.717, 1.165) is 4.57 Å². The van der Waals surface area contributed by atoms with Crippen LogP contribution in [0.15, 0.2) is 17.1 Å². The smallest absolute Gasteiger partial charge is 0.288 e. The highest BCUT2D eigenvalue weighted by atomic mass is 16.6. The van der Waals surface area contributed by atoms with Gasteiger partial charge in [0.15, 0.2) is 0 Å². The van der Waals surface area contributed by atoms with Crippen molar-refractivity contribution in [2.45, 2.75) is 13.7 Å². The molecule has 0 bridgehead atoms. The van der Waals surface area contributed by atoms with E-state index in [1.165, 1.54) is 26.3 Å². The van der Waals surface area contributed by atoms with Gasteiger partial charge in [0.25, 0.3) is 11.2 Å². The lowest BCUT2D eigenvalue weighted by atomic mass is 10.2. The number of hydrogen-bond acceptors (Lipinski definition) is 4. The van der Waals surface area contributed by atoms with Crippen molar-refractivity contribution in [3.63, 3.8) is 0 Å². The number of methoxy groups -OCH3 is 1. The fourth-order valence-electron chi connectivity index (χ4n) is 1.09. The number of rotatable bonds is 3. The Bertz CT molecular complexity index is 410. The van der Waals surface area contributed by atoms with E-state index in [-0.39, 0.29) is 18.0 Å². The molecule has 6 heteroatoms. The van der Waals surface area contributed by atoms with E-state index < -0.39 is 4.92 Å². The Morgan fingerprint density at radius 3 is 2.79 bits per heavy atom. The Labute approximate surface area is 79.9 Å². The van der Waals surface area contributed by atoms with Gasteiger partial charge in [-0.2, -0.15) is 0 Å². The van der Waals surface area contributed by atoms with E-state index >= 15 is 0 Å². The van der Waals surface area contributed by atoms with Crippen molar-refractivity contribution in [2.24, 2.45) is 0 Å². The molecular formula is C8H10N2O4. The van der Waals surface area contributed by atoms with Crippen molar-refractivity contribution in [3.05, 3.63) is 38.3 Å². The normalized spacial score (nSPS) is 10.1. The van der Waals surface area contributed by atoms with Gasteiger partial charge in [0.05, 0.1) is 11.1 Å². The minimum Gasteiger partial charge on any atom is -0.364 e. The molecule has 0 aliphatic rings. The topological polar surface area (TPSA) is 74.4 Å². The van der Waals surface area contributed by atoms with Gasteiger partial charge in [0.2, 0.25) is 0 Å². The van der Waals surface area contributed by atoms with Crippen molar-refractivity contribution < 1.29 is 9.66 Å². The summed E-state index contributed by atoms with van der Waals surface area (Å²) in [6, 6.07) is 1.22. The first-order valence-electron chi connectivity index (χ1n) is 3.90. The third kappa shape index (κ3) is 1.97. The Balaban J connectivity index is 3.27. The molecule has 0 fully saturated rings. The highest BCUT2D eigenvalue weighted by molar-refractivity contribution is 5.35. The first-order chi connectivity index (χ1) is 6.56. The number of pyridine rings is 1. The van der Waals surface area contributed by atoms with Crippen molar-refractivity contribution in [1.29, 1.82) is 0 Å². The standard InChI is InChI=1S/C8H10N2O4/c1-6-3-8(11)9(5-14-2)4-7(6)10(12)13/h3-4H,5H2,1-2H3. The Kier molecular flexibility index (Phi) is 2.98. The zero-order chi connectivity index (χ0) is 10.7. The fourth-order valence-corrected chi connectivity index (χ4v) is 1.09. The maximum absolute atomic E-state index is 11.3. The summed E-state index contributed by atoms with van der Waals surface area (Å²) in [5, 5.41) is 10.5. The molecule has 1 aromatic heterocycles. The number of aryl methyl sites for hydroxylation is 1. The largest absolute Gasteiger partial charge is 0.364 e. The summed E-state index contributed by atoms with van der Waals surface area (Å²) >= 11 is 0. The van der Waals surface area contributed by atoms with E-state index in [9.17, 15) is 14.9 Å². The van der Waals surface area contributed by atoms with Crippen molar-refractivity contribution in [1.82, 2.24) is 4.57 Å². The number of ether oxygens (including phenoxy) is 1. The molecule has 0 spiro atoms. The lowest BCUT2D eigenvalue weighted by molar-refractivity contribution is -0.386. The summed E-state index contributed by atoms with van der Waals surface area (Å²) in [6.07, 6.45) is 1.18. The van der Waals surface area contributed by atoms with Crippen molar-refractivity contribution >= 4 is 5.69 Å². The molecule has 0 saturated heterocycles. The molecule has 0 amide bonds. The van der Waals surface area contributed by atoms with Crippen LogP contribution in [0.3, 0.4) is 0 Å². The van der Waals surface area contributed by atoms with Crippen LogP contribution in [-0.4, -0.2) is 16.6 Å². The molecule has 0 atom stereocenters. The predicted molar refractivity (Wildman–Crippen MR) is 49.1 cm³/mol. The van der Waals surface area contributed by atoms with Gasteiger partial charge in [-0.05, 0) is 6.92 Å². The maximum atomic E-state index is 11.3. The molecule has 14 heavy (non-hydrogen) atoms. The SMILES string of the molecule is COCn1cc([N+](=O)[O-])c(C)cc1=O. The van der Waals surface area contributed by atoms with Crippen molar-refractivity contribution in [2.75, 3.05) is 7.11 Å². The predicted octanol–water partition coefficient (Wildman–Crippen LogP) is 0.669. The van der Waals surface area contributed by atoms with Crippen LogP contribution >= 0.6 is 0 Å². The van der Waals surface area contributed by atoms with E-state index in [1.54, 1.807) is 0 Å². The van der Waals surface area contributed by atoms with E-state index in [4.69, 9.17) is 4.74 Å². The van der Waals surface area contributed by atoms with Crippen LogP contribution in [0.25, 0.3) is 0 Å². The summed E-state index contributed by atoms with van der Waals surface area (Å²) in [5.74, 6) is 0. The van der Waals surface area contributed by atoms with Crippen molar-refractivity contribution in [3.8, 4) is 0 Å². The zero-order valence-electron chi connectivity index (χ0n) is 7.89. The van der Waals surface area contributed by atoms with Gasteiger partial charge in [-0.25, -0.2) is 0 Å². The second kappa shape index (κ2) is 4.01. The summed E-state index contributed by atoms with van der Waals surface area (Å²) < 4.78 is 5.87. The first-order valence-corrected chi connectivity index (χ1v) is 3.90. The number of aromatic nitrogens is 1. The number of hydrogen-bond donors (Lipinski definition) is 0. The zero-order valence-corrected chi connectivity index (χ0v) is 7.89. The van der Waals surface area contributed by atoms with Crippen LogP contribution in [-0.2, 0) is 11.5 Å². The lowest BCUT2D eigenvalue weighted by Crippen LogP contribution is -2.20. The van der Waals surface area contributed by atoms with Gasteiger partial charge in [-0.3, -0.25) is 19.5 Å². The highest BCUT2D eigenvalue weighted by Gasteiger charge is 2.12. The van der Waals surface area contributed by atoms with Gasteiger partial charge in [0, 0.05) is 18.7 Å². The first kappa shape index (κ1) is 10.4. The van der Waals surface area contributed by atoms with Crippen LogP contribution in [0.4, 0.5) is 5.69 Å². The highest BCUT2D eigenvalue weighted by Crippen LogP contribution is 2.13.